The van der Waals surface area contributed by atoms with E-state index in [4.69, 9.17) is 14.7 Å². The summed E-state index contributed by atoms with van der Waals surface area (Å²) in [6.07, 6.45) is 12.7. The van der Waals surface area contributed by atoms with Crippen molar-refractivity contribution in [2.75, 3.05) is 13.2 Å². The molecule has 0 radical (unpaired) electrons. The van der Waals surface area contributed by atoms with Gasteiger partial charge in [0.25, 0.3) is 0 Å². The van der Waals surface area contributed by atoms with Crippen LogP contribution in [-0.2, 0) is 9.47 Å². The average molecular weight is 414 g/mol. The van der Waals surface area contributed by atoms with Crippen molar-refractivity contribution in [1.29, 1.82) is 5.26 Å². The number of hydrogen-bond acceptors (Lipinski definition) is 3. The molecule has 0 bridgehead atoms. The molecule has 0 aromatic rings. The van der Waals surface area contributed by atoms with Crippen molar-refractivity contribution in [1.82, 2.24) is 0 Å². The van der Waals surface area contributed by atoms with Crippen molar-refractivity contribution in [3.05, 3.63) is 0 Å². The van der Waals surface area contributed by atoms with Gasteiger partial charge < -0.3 is 9.47 Å². The Bertz CT molecular complexity index is 693. The first kappa shape index (κ1) is 21.3. The lowest BCUT2D eigenvalue weighted by Crippen LogP contribution is -2.59. The maximum absolute atomic E-state index is 9.08. The van der Waals surface area contributed by atoms with Crippen molar-refractivity contribution in [2.45, 2.75) is 97.7 Å². The number of ether oxygens (including phenoxy) is 2. The van der Waals surface area contributed by atoms with E-state index in [-0.39, 0.29) is 5.79 Å². The number of fused-ring (bicyclic) bond motifs is 5. The maximum Gasteiger partial charge on any atom is 0.171 e. The van der Waals surface area contributed by atoms with Crippen LogP contribution in [0.5, 0.6) is 0 Å². The standard InChI is InChI=1S/C27H43NO2/c1-18(6-5-15-28)21-9-10-23-20-7-8-22-19(2)27(29-16-17-30-27)14-13-26(22,4)24(20)11-12-25(21,23)3/h18-24H,5-14,16-17H2,1-4H3/t18-,19?,20?,21?,22?,23?,24?,25-,26+/m1/s1. The molecule has 1 aliphatic heterocycles. The van der Waals surface area contributed by atoms with Crippen molar-refractivity contribution in [3.8, 4) is 6.07 Å². The van der Waals surface area contributed by atoms with Gasteiger partial charge in [-0.1, -0.05) is 27.7 Å². The van der Waals surface area contributed by atoms with Gasteiger partial charge in [0.2, 0.25) is 0 Å². The zero-order valence-electron chi connectivity index (χ0n) is 19.8. The Morgan fingerprint density at radius 3 is 2.33 bits per heavy atom. The fourth-order valence-electron chi connectivity index (χ4n) is 10.0. The molecule has 0 aromatic carbocycles. The quantitative estimate of drug-likeness (QED) is 0.525. The lowest BCUT2D eigenvalue weighted by Gasteiger charge is -2.63. The summed E-state index contributed by atoms with van der Waals surface area (Å²) in [5, 5.41) is 9.08. The molecule has 5 fully saturated rings. The Labute approximate surface area is 184 Å². The molecule has 9 atom stereocenters. The number of nitrogens with zero attached hydrogens (tertiary/aromatic N) is 1. The zero-order valence-corrected chi connectivity index (χ0v) is 19.8. The third kappa shape index (κ3) is 2.88. The predicted octanol–water partition coefficient (Wildman–Crippen LogP) is 6.57. The number of nitriles is 1. The zero-order chi connectivity index (χ0) is 21.1. The second-order valence-electron chi connectivity index (χ2n) is 12.3. The van der Waals surface area contributed by atoms with Gasteiger partial charge in [-0.2, -0.15) is 5.26 Å². The van der Waals surface area contributed by atoms with Crippen LogP contribution in [0.3, 0.4) is 0 Å². The average Bonchev–Trinajstić information content (AvgIpc) is 3.34. The van der Waals surface area contributed by atoms with E-state index in [0.717, 1.165) is 62.1 Å². The minimum Gasteiger partial charge on any atom is -0.347 e. The Balaban J connectivity index is 1.36. The first-order chi connectivity index (χ1) is 14.4. The van der Waals surface area contributed by atoms with Gasteiger partial charge in [0.1, 0.15) is 0 Å². The molecule has 0 N–H and O–H groups in total. The molecular weight excluding hydrogens is 370 g/mol. The van der Waals surface area contributed by atoms with Crippen LogP contribution in [-0.4, -0.2) is 19.0 Å². The van der Waals surface area contributed by atoms with Crippen LogP contribution in [0.25, 0.3) is 0 Å². The molecule has 1 heterocycles. The maximum atomic E-state index is 9.08. The van der Waals surface area contributed by atoms with Crippen molar-refractivity contribution < 1.29 is 9.47 Å². The van der Waals surface area contributed by atoms with E-state index in [0.29, 0.717) is 22.7 Å². The summed E-state index contributed by atoms with van der Waals surface area (Å²) in [6.45, 7) is 11.7. The summed E-state index contributed by atoms with van der Waals surface area (Å²) in [5.41, 5.74) is 0.979. The molecule has 1 spiro atoms. The first-order valence-electron chi connectivity index (χ1n) is 13.0. The molecule has 6 unspecified atom stereocenters. The van der Waals surface area contributed by atoms with Crippen LogP contribution in [0.4, 0.5) is 0 Å². The van der Waals surface area contributed by atoms with Crippen LogP contribution in [0.1, 0.15) is 91.9 Å². The molecule has 0 amide bonds. The molecule has 5 rings (SSSR count). The van der Waals surface area contributed by atoms with Crippen molar-refractivity contribution in [2.24, 2.45) is 52.3 Å². The summed E-state index contributed by atoms with van der Waals surface area (Å²) < 4.78 is 12.5. The summed E-state index contributed by atoms with van der Waals surface area (Å²) in [6, 6.07) is 2.39. The van der Waals surface area contributed by atoms with Gasteiger partial charge in [-0.05, 0) is 97.7 Å². The van der Waals surface area contributed by atoms with E-state index < -0.39 is 0 Å². The summed E-state index contributed by atoms with van der Waals surface area (Å²) in [7, 11) is 0. The van der Waals surface area contributed by atoms with E-state index in [1.54, 1.807) is 0 Å². The largest absolute Gasteiger partial charge is 0.347 e. The highest BCUT2D eigenvalue weighted by atomic mass is 16.7. The molecule has 1 saturated heterocycles. The van der Waals surface area contributed by atoms with Gasteiger partial charge in [-0.15, -0.1) is 0 Å². The molecule has 30 heavy (non-hydrogen) atoms. The Morgan fingerprint density at radius 2 is 1.60 bits per heavy atom. The van der Waals surface area contributed by atoms with Gasteiger partial charge in [-0.25, -0.2) is 0 Å². The lowest BCUT2D eigenvalue weighted by atomic mass is 9.43. The third-order valence-electron chi connectivity index (χ3n) is 11.5. The SMILES string of the molecule is CC1C2CCC3C(CC[C@@]4(C)C3CCC4[C@H](C)CCC#N)[C@@]2(C)CCC12OCCO2. The van der Waals surface area contributed by atoms with E-state index in [9.17, 15) is 0 Å². The third-order valence-corrected chi connectivity index (χ3v) is 11.5. The number of rotatable bonds is 3. The summed E-state index contributed by atoms with van der Waals surface area (Å²) in [4.78, 5) is 0. The minimum absolute atomic E-state index is 0.269. The normalized spacial score (nSPS) is 50.4. The van der Waals surface area contributed by atoms with Gasteiger partial charge in [0.15, 0.2) is 5.79 Å². The van der Waals surface area contributed by atoms with Gasteiger partial charge in [0, 0.05) is 18.8 Å². The van der Waals surface area contributed by atoms with Crippen LogP contribution in [0.2, 0.25) is 0 Å². The second-order valence-corrected chi connectivity index (χ2v) is 12.3. The van der Waals surface area contributed by atoms with Crippen LogP contribution >= 0.6 is 0 Å². The lowest BCUT2D eigenvalue weighted by molar-refractivity contribution is -0.263. The molecule has 4 saturated carbocycles. The minimum atomic E-state index is -0.269. The molecule has 3 nitrogen and oxygen atoms in total. The molecule has 3 heteroatoms. The fourth-order valence-corrected chi connectivity index (χ4v) is 10.0. The highest BCUT2D eigenvalue weighted by molar-refractivity contribution is 5.11. The van der Waals surface area contributed by atoms with Gasteiger partial charge in [-0.3, -0.25) is 0 Å². The Morgan fingerprint density at radius 1 is 0.900 bits per heavy atom. The van der Waals surface area contributed by atoms with Crippen LogP contribution < -0.4 is 0 Å². The predicted molar refractivity (Wildman–Crippen MR) is 118 cm³/mol. The van der Waals surface area contributed by atoms with Gasteiger partial charge >= 0.3 is 0 Å². The Hall–Kier alpha value is -0.590. The molecule has 0 aromatic heterocycles. The molecule has 168 valence electrons. The monoisotopic (exact) mass is 413 g/mol. The molecule has 5 aliphatic rings. The van der Waals surface area contributed by atoms with E-state index >= 15 is 0 Å². The first-order valence-corrected chi connectivity index (χ1v) is 13.0. The van der Waals surface area contributed by atoms with Gasteiger partial charge in [0.05, 0.1) is 19.3 Å². The van der Waals surface area contributed by atoms with E-state index in [2.05, 4.69) is 33.8 Å². The Kier molecular flexibility index (Phi) is 5.30. The summed E-state index contributed by atoms with van der Waals surface area (Å²) >= 11 is 0. The van der Waals surface area contributed by atoms with Crippen molar-refractivity contribution in [3.63, 3.8) is 0 Å². The topological polar surface area (TPSA) is 42.2 Å². The van der Waals surface area contributed by atoms with E-state index in [1.165, 1.54) is 44.9 Å². The second kappa shape index (κ2) is 7.48. The highest BCUT2D eigenvalue weighted by Crippen LogP contribution is 2.70. The smallest absolute Gasteiger partial charge is 0.171 e. The number of hydrogen-bond donors (Lipinski definition) is 0. The summed E-state index contributed by atoms with van der Waals surface area (Å²) in [5.74, 6) is 5.26. The molecule has 4 aliphatic carbocycles. The molecular formula is C27H43NO2. The van der Waals surface area contributed by atoms with E-state index in [1.807, 2.05) is 0 Å². The van der Waals surface area contributed by atoms with Crippen molar-refractivity contribution >= 4 is 0 Å². The highest BCUT2D eigenvalue weighted by Gasteiger charge is 2.64. The van der Waals surface area contributed by atoms with Crippen LogP contribution in [0, 0.1) is 63.6 Å². The fraction of sp³-hybridized carbons (Fsp3) is 0.963. The van der Waals surface area contributed by atoms with Crippen LogP contribution in [0.15, 0.2) is 0 Å².